The van der Waals surface area contributed by atoms with Crippen molar-refractivity contribution in [1.82, 2.24) is 10.6 Å². The molecule has 26 heavy (non-hydrogen) atoms. The maximum Gasteiger partial charge on any atom is 0.191 e. The van der Waals surface area contributed by atoms with E-state index in [0.29, 0.717) is 0 Å². The molecule has 0 aromatic heterocycles. The second-order valence-corrected chi connectivity index (χ2v) is 7.48. The van der Waals surface area contributed by atoms with Gasteiger partial charge in [0.25, 0.3) is 0 Å². The fraction of sp³-hybridized carbons (Fsp3) is 0.667. The first-order chi connectivity index (χ1) is 12.8. The number of aliphatic imine (C=N–C) groups is 1. The van der Waals surface area contributed by atoms with Gasteiger partial charge in [-0.2, -0.15) is 0 Å². The topological polar surface area (TPSA) is 54.9 Å². The number of benzene rings is 1. The molecule has 2 fully saturated rings. The zero-order chi connectivity index (χ0) is 18.1. The Kier molecular flexibility index (Phi) is 7.32. The van der Waals surface area contributed by atoms with Crippen molar-refractivity contribution in [3.8, 4) is 0 Å². The Morgan fingerprint density at radius 2 is 1.96 bits per heavy atom. The van der Waals surface area contributed by atoms with E-state index >= 15 is 0 Å². The molecule has 1 saturated heterocycles. The summed E-state index contributed by atoms with van der Waals surface area (Å²) in [5.41, 5.74) is 1.50. The molecule has 144 valence electrons. The molecule has 0 radical (unpaired) electrons. The summed E-state index contributed by atoms with van der Waals surface area (Å²) in [5, 5.41) is 6.95. The normalized spacial score (nSPS) is 20.0. The number of nitrogens with one attached hydrogen (secondary N) is 2. The smallest absolute Gasteiger partial charge is 0.191 e. The number of hydrogen-bond donors (Lipinski definition) is 2. The van der Waals surface area contributed by atoms with E-state index in [-0.39, 0.29) is 5.41 Å². The van der Waals surface area contributed by atoms with Gasteiger partial charge < -0.3 is 20.1 Å². The Morgan fingerprint density at radius 3 is 2.65 bits per heavy atom. The number of rotatable bonds is 9. The van der Waals surface area contributed by atoms with Gasteiger partial charge in [-0.1, -0.05) is 30.3 Å². The molecule has 1 heterocycles. The van der Waals surface area contributed by atoms with E-state index in [1.54, 1.807) is 0 Å². The van der Waals surface area contributed by atoms with Gasteiger partial charge in [-0.15, -0.1) is 0 Å². The zero-order valence-electron chi connectivity index (χ0n) is 16.0. The fourth-order valence-electron chi connectivity index (χ4n) is 3.51. The molecule has 0 bridgehead atoms. The van der Waals surface area contributed by atoms with Crippen molar-refractivity contribution in [3.63, 3.8) is 0 Å². The second kappa shape index (κ2) is 9.93. The van der Waals surface area contributed by atoms with Crippen LogP contribution in [0.4, 0.5) is 0 Å². The molecule has 1 aromatic carbocycles. The third kappa shape index (κ3) is 5.71. The maximum atomic E-state index is 5.69. The van der Waals surface area contributed by atoms with E-state index in [0.717, 1.165) is 70.7 Å². The molecule has 2 aliphatic rings. The summed E-state index contributed by atoms with van der Waals surface area (Å²) < 4.78 is 11.3. The van der Waals surface area contributed by atoms with Crippen LogP contribution in [0.1, 0.15) is 37.7 Å². The lowest BCUT2D eigenvalue weighted by Crippen LogP contribution is -2.48. The van der Waals surface area contributed by atoms with Crippen molar-refractivity contribution in [2.24, 2.45) is 10.9 Å². The zero-order valence-corrected chi connectivity index (χ0v) is 16.0. The lowest BCUT2D eigenvalue weighted by Gasteiger charge is -2.38. The average molecular weight is 360 g/mol. The van der Waals surface area contributed by atoms with Gasteiger partial charge in [-0.05, 0) is 43.6 Å². The molecular weight excluding hydrogens is 326 g/mol. The van der Waals surface area contributed by atoms with Crippen molar-refractivity contribution in [2.45, 2.75) is 37.5 Å². The fourth-order valence-corrected chi connectivity index (χ4v) is 3.51. The minimum absolute atomic E-state index is 0.116. The first-order valence-corrected chi connectivity index (χ1v) is 9.98. The van der Waals surface area contributed by atoms with Crippen LogP contribution < -0.4 is 10.6 Å². The van der Waals surface area contributed by atoms with Crippen LogP contribution in [0.3, 0.4) is 0 Å². The van der Waals surface area contributed by atoms with Gasteiger partial charge >= 0.3 is 0 Å². The third-order valence-electron chi connectivity index (χ3n) is 5.46. The Labute approximate surface area is 157 Å². The number of hydrogen-bond acceptors (Lipinski definition) is 3. The van der Waals surface area contributed by atoms with E-state index in [4.69, 9.17) is 9.47 Å². The summed E-state index contributed by atoms with van der Waals surface area (Å²) in [6.07, 6.45) is 5.78. The van der Waals surface area contributed by atoms with Crippen LogP contribution in [0.25, 0.3) is 0 Å². The SMILES string of the molecule is CN=C(NCCCOCC1CC1)NCC1(c2ccccc2)CCOCC1. The average Bonchev–Trinajstić information content (AvgIpc) is 3.53. The number of ether oxygens (including phenoxy) is 2. The summed E-state index contributed by atoms with van der Waals surface area (Å²) in [6, 6.07) is 10.8. The maximum absolute atomic E-state index is 5.69. The molecule has 3 rings (SSSR count). The molecule has 5 heteroatoms. The first kappa shape index (κ1) is 19.2. The van der Waals surface area contributed by atoms with Crippen molar-refractivity contribution >= 4 is 5.96 Å². The summed E-state index contributed by atoms with van der Waals surface area (Å²) >= 11 is 0. The molecular formula is C21H33N3O2. The predicted molar refractivity (Wildman–Crippen MR) is 106 cm³/mol. The van der Waals surface area contributed by atoms with Crippen molar-refractivity contribution in [3.05, 3.63) is 35.9 Å². The Morgan fingerprint density at radius 1 is 1.19 bits per heavy atom. The molecule has 0 atom stereocenters. The number of nitrogens with zero attached hydrogens (tertiary/aromatic N) is 1. The Balaban J connectivity index is 1.44. The van der Waals surface area contributed by atoms with E-state index in [9.17, 15) is 0 Å². The van der Waals surface area contributed by atoms with Gasteiger partial charge in [-0.25, -0.2) is 0 Å². The Hall–Kier alpha value is -1.59. The molecule has 1 saturated carbocycles. The highest BCUT2D eigenvalue weighted by Crippen LogP contribution is 2.34. The molecule has 1 aromatic rings. The first-order valence-electron chi connectivity index (χ1n) is 9.98. The van der Waals surface area contributed by atoms with Crippen molar-refractivity contribution in [1.29, 1.82) is 0 Å². The third-order valence-corrected chi connectivity index (χ3v) is 5.46. The predicted octanol–water partition coefficient (Wildman–Crippen LogP) is 2.72. The summed E-state index contributed by atoms with van der Waals surface area (Å²) in [4.78, 5) is 4.38. The minimum atomic E-state index is 0.116. The Bertz CT molecular complexity index is 552. The van der Waals surface area contributed by atoms with Crippen LogP contribution >= 0.6 is 0 Å². The van der Waals surface area contributed by atoms with Gasteiger partial charge in [0, 0.05) is 52.0 Å². The highest BCUT2D eigenvalue weighted by Gasteiger charge is 2.34. The van der Waals surface area contributed by atoms with Crippen LogP contribution in [0.2, 0.25) is 0 Å². The minimum Gasteiger partial charge on any atom is -0.381 e. The summed E-state index contributed by atoms with van der Waals surface area (Å²) in [5.74, 6) is 1.71. The van der Waals surface area contributed by atoms with Gasteiger partial charge in [0.2, 0.25) is 0 Å². The molecule has 0 amide bonds. The van der Waals surface area contributed by atoms with Crippen LogP contribution in [0.5, 0.6) is 0 Å². The van der Waals surface area contributed by atoms with Gasteiger partial charge in [0.05, 0.1) is 0 Å². The quantitative estimate of drug-likeness (QED) is 0.404. The van der Waals surface area contributed by atoms with E-state index in [1.807, 2.05) is 7.05 Å². The lowest BCUT2D eigenvalue weighted by molar-refractivity contribution is 0.0514. The summed E-state index contributed by atoms with van der Waals surface area (Å²) in [7, 11) is 1.83. The highest BCUT2D eigenvalue weighted by molar-refractivity contribution is 5.79. The largest absolute Gasteiger partial charge is 0.381 e. The van der Waals surface area contributed by atoms with E-state index in [1.165, 1.54) is 18.4 Å². The molecule has 1 aliphatic heterocycles. The number of guanidine groups is 1. The van der Waals surface area contributed by atoms with Crippen molar-refractivity contribution in [2.75, 3.05) is 46.6 Å². The van der Waals surface area contributed by atoms with E-state index < -0.39 is 0 Å². The van der Waals surface area contributed by atoms with Gasteiger partial charge in [-0.3, -0.25) is 4.99 Å². The van der Waals surface area contributed by atoms with Gasteiger partial charge in [0.15, 0.2) is 5.96 Å². The van der Waals surface area contributed by atoms with Gasteiger partial charge in [0.1, 0.15) is 0 Å². The summed E-state index contributed by atoms with van der Waals surface area (Å²) in [6.45, 7) is 5.16. The molecule has 0 spiro atoms. The molecule has 2 N–H and O–H groups in total. The van der Waals surface area contributed by atoms with Crippen LogP contribution in [0.15, 0.2) is 35.3 Å². The van der Waals surface area contributed by atoms with Crippen LogP contribution in [0, 0.1) is 5.92 Å². The monoisotopic (exact) mass is 359 g/mol. The molecule has 0 unspecified atom stereocenters. The van der Waals surface area contributed by atoms with E-state index in [2.05, 4.69) is 46.0 Å². The van der Waals surface area contributed by atoms with Crippen molar-refractivity contribution < 1.29 is 9.47 Å². The molecule has 1 aliphatic carbocycles. The highest BCUT2D eigenvalue weighted by atomic mass is 16.5. The molecule has 5 nitrogen and oxygen atoms in total. The second-order valence-electron chi connectivity index (χ2n) is 7.48. The van der Waals surface area contributed by atoms with Crippen LogP contribution in [-0.4, -0.2) is 52.5 Å². The lowest BCUT2D eigenvalue weighted by atomic mass is 9.74. The van der Waals surface area contributed by atoms with Crippen LogP contribution in [-0.2, 0) is 14.9 Å². The standard InChI is InChI=1S/C21H33N3O2/c1-22-20(23-12-5-13-26-16-18-8-9-18)24-17-21(10-14-25-15-11-21)19-6-3-2-4-7-19/h2-4,6-7,18H,5,8-17H2,1H3,(H2,22,23,24).